The van der Waals surface area contributed by atoms with Gasteiger partial charge in [0, 0.05) is 50.2 Å². The third-order valence-electron chi connectivity index (χ3n) is 6.09. The third kappa shape index (κ3) is 6.55. The van der Waals surface area contributed by atoms with E-state index in [1.165, 1.54) is 6.07 Å². The molecule has 2 heterocycles. The van der Waals surface area contributed by atoms with Crippen LogP contribution in [0.3, 0.4) is 0 Å². The highest BCUT2D eigenvalue weighted by Crippen LogP contribution is 2.22. The van der Waals surface area contributed by atoms with Gasteiger partial charge in [-0.3, -0.25) is 14.6 Å². The van der Waals surface area contributed by atoms with Crippen LogP contribution in [-0.4, -0.2) is 57.9 Å². The summed E-state index contributed by atoms with van der Waals surface area (Å²) in [6.45, 7) is 1.73. The number of carbonyl (C=O) groups is 2. The van der Waals surface area contributed by atoms with Gasteiger partial charge in [0.15, 0.2) is 0 Å². The van der Waals surface area contributed by atoms with E-state index in [9.17, 15) is 18.0 Å². The fourth-order valence-corrected chi connectivity index (χ4v) is 5.14. The van der Waals surface area contributed by atoms with Crippen molar-refractivity contribution in [2.24, 2.45) is 5.92 Å². The maximum atomic E-state index is 12.5. The van der Waals surface area contributed by atoms with Crippen LogP contribution >= 0.6 is 0 Å². The summed E-state index contributed by atoms with van der Waals surface area (Å²) in [6, 6.07) is 16.2. The zero-order chi connectivity index (χ0) is 24.7. The molecular weight excluding hydrogens is 466 g/mol. The highest BCUT2D eigenvalue weighted by atomic mass is 32.2. The van der Waals surface area contributed by atoms with Crippen LogP contribution in [0.4, 0.5) is 5.69 Å². The first-order valence-electron chi connectivity index (χ1n) is 11.6. The number of sulfonamides is 1. The van der Waals surface area contributed by atoms with E-state index in [2.05, 4.69) is 25.2 Å². The quantitative estimate of drug-likeness (QED) is 0.389. The Morgan fingerprint density at radius 3 is 2.34 bits per heavy atom. The standard InChI is InChI=1S/C25H29N5O4S/c31-24(18-29-35(33,34)23-6-5-19-3-1-2-4-21(19)17-23)27-13-14-28-25(32)20-9-15-30(16-10-20)22-7-11-26-12-8-22/h1-8,11-12,17,20,29H,9-10,13-16,18H2,(H,27,31)(H,28,32). The van der Waals surface area contributed by atoms with Crippen molar-refractivity contribution in [1.29, 1.82) is 0 Å². The zero-order valence-corrected chi connectivity index (χ0v) is 20.1. The molecule has 2 aromatic carbocycles. The van der Waals surface area contributed by atoms with Gasteiger partial charge in [0.05, 0.1) is 11.4 Å². The van der Waals surface area contributed by atoms with Gasteiger partial charge in [0.2, 0.25) is 21.8 Å². The van der Waals surface area contributed by atoms with Crippen molar-refractivity contribution in [3.8, 4) is 0 Å². The molecule has 184 valence electrons. The molecule has 2 amide bonds. The topological polar surface area (TPSA) is 120 Å². The van der Waals surface area contributed by atoms with Gasteiger partial charge >= 0.3 is 0 Å². The summed E-state index contributed by atoms with van der Waals surface area (Å²) in [4.78, 5) is 30.9. The first-order valence-corrected chi connectivity index (χ1v) is 13.1. The predicted molar refractivity (Wildman–Crippen MR) is 134 cm³/mol. The van der Waals surface area contributed by atoms with Crippen LogP contribution in [-0.2, 0) is 19.6 Å². The Kier molecular flexibility index (Phi) is 7.94. The largest absolute Gasteiger partial charge is 0.371 e. The summed E-state index contributed by atoms with van der Waals surface area (Å²) in [5.74, 6) is -0.544. The summed E-state index contributed by atoms with van der Waals surface area (Å²) < 4.78 is 27.4. The molecule has 1 saturated heterocycles. The minimum Gasteiger partial charge on any atom is -0.371 e. The molecule has 35 heavy (non-hydrogen) atoms. The smallest absolute Gasteiger partial charge is 0.241 e. The minimum atomic E-state index is -3.82. The van der Waals surface area contributed by atoms with Gasteiger partial charge in [-0.05, 0) is 47.9 Å². The Balaban J connectivity index is 1.15. The van der Waals surface area contributed by atoms with Crippen molar-refractivity contribution in [2.45, 2.75) is 17.7 Å². The Labute approximate surface area is 205 Å². The summed E-state index contributed by atoms with van der Waals surface area (Å²) >= 11 is 0. The number of nitrogens with zero attached hydrogens (tertiary/aromatic N) is 2. The number of amides is 2. The SMILES string of the molecule is O=C(CNS(=O)(=O)c1ccc2ccccc2c1)NCCNC(=O)C1CCN(c2ccncc2)CC1. The van der Waals surface area contributed by atoms with Gasteiger partial charge < -0.3 is 15.5 Å². The lowest BCUT2D eigenvalue weighted by molar-refractivity contribution is -0.126. The molecule has 1 aliphatic heterocycles. The molecule has 0 bridgehead atoms. The number of fused-ring (bicyclic) bond motifs is 1. The van der Waals surface area contributed by atoms with E-state index in [0.29, 0.717) is 0 Å². The lowest BCUT2D eigenvalue weighted by Gasteiger charge is -2.32. The number of piperidine rings is 1. The Bertz CT molecular complexity index is 1280. The van der Waals surface area contributed by atoms with Crippen molar-refractivity contribution < 1.29 is 18.0 Å². The number of anilines is 1. The minimum absolute atomic E-state index is 0.0226. The number of pyridine rings is 1. The van der Waals surface area contributed by atoms with Gasteiger partial charge in [-0.25, -0.2) is 13.1 Å². The molecule has 1 aromatic heterocycles. The summed E-state index contributed by atoms with van der Waals surface area (Å²) in [5.41, 5.74) is 1.11. The summed E-state index contributed by atoms with van der Waals surface area (Å²) in [6.07, 6.45) is 5.04. The average molecular weight is 496 g/mol. The number of aromatic nitrogens is 1. The molecule has 0 unspecified atom stereocenters. The summed E-state index contributed by atoms with van der Waals surface area (Å²) in [5, 5.41) is 7.23. The van der Waals surface area contributed by atoms with Crippen molar-refractivity contribution in [2.75, 3.05) is 37.6 Å². The number of carbonyl (C=O) groups excluding carboxylic acids is 2. The van der Waals surface area contributed by atoms with E-state index >= 15 is 0 Å². The molecule has 4 rings (SSSR count). The van der Waals surface area contributed by atoms with Crippen LogP contribution in [0, 0.1) is 5.92 Å². The highest BCUT2D eigenvalue weighted by Gasteiger charge is 2.25. The Morgan fingerprint density at radius 1 is 0.914 bits per heavy atom. The second-order valence-corrected chi connectivity index (χ2v) is 10.2. The molecule has 0 atom stereocenters. The van der Waals surface area contributed by atoms with E-state index in [1.807, 2.05) is 36.4 Å². The molecule has 0 aliphatic carbocycles. The van der Waals surface area contributed by atoms with Gasteiger partial charge in [-0.2, -0.15) is 0 Å². The zero-order valence-electron chi connectivity index (χ0n) is 19.3. The van der Waals surface area contributed by atoms with Crippen LogP contribution in [0.15, 0.2) is 71.9 Å². The van der Waals surface area contributed by atoms with Crippen molar-refractivity contribution in [1.82, 2.24) is 20.3 Å². The molecule has 1 fully saturated rings. The molecule has 10 heteroatoms. The van der Waals surface area contributed by atoms with Gasteiger partial charge in [0.25, 0.3) is 0 Å². The van der Waals surface area contributed by atoms with E-state index in [4.69, 9.17) is 0 Å². The van der Waals surface area contributed by atoms with Crippen LogP contribution < -0.4 is 20.3 Å². The Hall–Kier alpha value is -3.50. The molecule has 3 aromatic rings. The second kappa shape index (κ2) is 11.3. The normalized spacial score (nSPS) is 14.6. The first-order chi connectivity index (χ1) is 16.9. The van der Waals surface area contributed by atoms with Gasteiger partial charge in [-0.15, -0.1) is 0 Å². The number of nitrogens with one attached hydrogen (secondary N) is 3. The summed E-state index contributed by atoms with van der Waals surface area (Å²) in [7, 11) is -3.82. The maximum Gasteiger partial charge on any atom is 0.241 e. The number of rotatable bonds is 9. The first kappa shape index (κ1) is 24.6. The van der Waals surface area contributed by atoms with Crippen LogP contribution in [0.2, 0.25) is 0 Å². The lowest BCUT2D eigenvalue weighted by Crippen LogP contribution is -2.43. The molecular formula is C25H29N5O4S. The number of hydrogen-bond donors (Lipinski definition) is 3. The van der Waals surface area contributed by atoms with Crippen molar-refractivity contribution >= 4 is 38.3 Å². The third-order valence-corrected chi connectivity index (χ3v) is 7.49. The van der Waals surface area contributed by atoms with Crippen LogP contribution in [0.25, 0.3) is 10.8 Å². The number of hydrogen-bond acceptors (Lipinski definition) is 6. The number of benzene rings is 2. The van der Waals surface area contributed by atoms with E-state index < -0.39 is 15.9 Å². The highest BCUT2D eigenvalue weighted by molar-refractivity contribution is 7.89. The average Bonchev–Trinajstić information content (AvgIpc) is 2.90. The van der Waals surface area contributed by atoms with Gasteiger partial charge in [0.1, 0.15) is 0 Å². The molecule has 0 saturated carbocycles. The molecule has 0 spiro atoms. The second-order valence-electron chi connectivity index (χ2n) is 8.44. The van der Waals surface area contributed by atoms with E-state index in [-0.39, 0.29) is 36.4 Å². The lowest BCUT2D eigenvalue weighted by atomic mass is 9.95. The fraction of sp³-hybridized carbons (Fsp3) is 0.320. The van der Waals surface area contributed by atoms with Crippen LogP contribution in [0.5, 0.6) is 0 Å². The van der Waals surface area contributed by atoms with Crippen molar-refractivity contribution in [3.63, 3.8) is 0 Å². The van der Waals surface area contributed by atoms with Crippen molar-refractivity contribution in [3.05, 3.63) is 67.0 Å². The van der Waals surface area contributed by atoms with E-state index in [1.54, 1.807) is 24.5 Å². The monoisotopic (exact) mass is 495 g/mol. The van der Waals surface area contributed by atoms with E-state index in [0.717, 1.165) is 42.4 Å². The molecule has 1 aliphatic rings. The van der Waals surface area contributed by atoms with Gasteiger partial charge in [-0.1, -0.05) is 30.3 Å². The molecule has 3 N–H and O–H groups in total. The maximum absolute atomic E-state index is 12.5. The predicted octanol–water partition coefficient (Wildman–Crippen LogP) is 1.66. The molecule has 9 nitrogen and oxygen atoms in total. The van der Waals surface area contributed by atoms with Crippen LogP contribution in [0.1, 0.15) is 12.8 Å². The fourth-order valence-electron chi connectivity index (χ4n) is 4.13. The molecule has 0 radical (unpaired) electrons. The Morgan fingerprint density at radius 2 is 1.60 bits per heavy atom.